The Bertz CT molecular complexity index is 383. The summed E-state index contributed by atoms with van der Waals surface area (Å²) in [6.45, 7) is 4.99. The minimum Gasteiger partial charge on any atom is -0.447 e. The van der Waals surface area contributed by atoms with Gasteiger partial charge in [-0.05, 0) is 32.6 Å². The molecule has 0 spiro atoms. The Morgan fingerprint density at radius 1 is 1.56 bits per heavy atom. The molecule has 3 N–H and O–H groups in total. The summed E-state index contributed by atoms with van der Waals surface area (Å²) >= 11 is 0. The van der Waals surface area contributed by atoms with Crippen LogP contribution in [0.1, 0.15) is 26.7 Å². The largest absolute Gasteiger partial charge is 0.447 e. The highest BCUT2D eigenvalue weighted by atomic mass is 32.2. The van der Waals surface area contributed by atoms with Gasteiger partial charge in [-0.15, -0.1) is 0 Å². The highest BCUT2D eigenvalue weighted by Crippen LogP contribution is 2.17. The lowest BCUT2D eigenvalue weighted by Crippen LogP contribution is -2.45. The number of piperidine rings is 1. The molecule has 1 rings (SSSR count). The molecule has 1 aliphatic rings. The van der Waals surface area contributed by atoms with E-state index in [1.54, 1.807) is 18.7 Å². The van der Waals surface area contributed by atoms with Gasteiger partial charge in [0.1, 0.15) is 0 Å². The molecule has 106 valence electrons. The molecule has 18 heavy (non-hydrogen) atoms. The van der Waals surface area contributed by atoms with Crippen LogP contribution in [0.3, 0.4) is 0 Å². The van der Waals surface area contributed by atoms with Crippen molar-refractivity contribution in [3.63, 3.8) is 0 Å². The first-order valence-electron chi connectivity index (χ1n) is 6.01. The zero-order valence-electron chi connectivity index (χ0n) is 10.8. The predicted molar refractivity (Wildman–Crippen MR) is 67.0 cm³/mol. The summed E-state index contributed by atoms with van der Waals surface area (Å²) in [7, 11) is -3.66. The second kappa shape index (κ2) is 6.35. The average molecular weight is 279 g/mol. The van der Waals surface area contributed by atoms with Gasteiger partial charge < -0.3 is 9.64 Å². The summed E-state index contributed by atoms with van der Waals surface area (Å²) in [5.41, 5.74) is 0. The average Bonchev–Trinajstić information content (AvgIpc) is 2.25. The number of likely N-dealkylation sites (tertiary alicyclic amines) is 1. The van der Waals surface area contributed by atoms with Gasteiger partial charge in [0.15, 0.2) is 0 Å². The Morgan fingerprint density at radius 2 is 2.22 bits per heavy atom. The second-order valence-electron chi connectivity index (χ2n) is 4.78. The van der Waals surface area contributed by atoms with Crippen LogP contribution in [-0.2, 0) is 14.9 Å². The number of amides is 1. The number of nitrogens with one attached hydrogen (secondary N) is 1. The van der Waals surface area contributed by atoms with Gasteiger partial charge in [0.25, 0.3) is 10.2 Å². The number of carbonyl (C=O) groups excluding carboxylic acids is 1. The first-order valence-corrected chi connectivity index (χ1v) is 7.55. The fraction of sp³-hybridized carbons (Fsp3) is 0.900. The molecule has 8 heteroatoms. The van der Waals surface area contributed by atoms with Gasteiger partial charge in [-0.2, -0.15) is 8.42 Å². The van der Waals surface area contributed by atoms with Crippen LogP contribution in [0.4, 0.5) is 4.79 Å². The highest BCUT2D eigenvalue weighted by molar-refractivity contribution is 7.87. The fourth-order valence-corrected chi connectivity index (χ4v) is 2.38. The number of carbonyl (C=O) groups is 1. The van der Waals surface area contributed by atoms with Crippen molar-refractivity contribution in [2.75, 3.05) is 19.6 Å². The van der Waals surface area contributed by atoms with Crippen LogP contribution in [0.25, 0.3) is 0 Å². The molecule has 1 saturated heterocycles. The molecular formula is C10H21N3O4S. The smallest absolute Gasteiger partial charge is 0.410 e. The lowest BCUT2D eigenvalue weighted by atomic mass is 9.99. The van der Waals surface area contributed by atoms with E-state index in [9.17, 15) is 13.2 Å². The number of rotatable bonds is 4. The van der Waals surface area contributed by atoms with E-state index in [-0.39, 0.29) is 24.7 Å². The van der Waals surface area contributed by atoms with E-state index in [1.165, 1.54) is 0 Å². The van der Waals surface area contributed by atoms with Crippen molar-refractivity contribution >= 4 is 16.3 Å². The van der Waals surface area contributed by atoms with E-state index in [1.807, 2.05) is 0 Å². The van der Waals surface area contributed by atoms with E-state index in [0.29, 0.717) is 13.1 Å². The third kappa shape index (κ3) is 5.65. The SMILES string of the molecule is CC(C)OC(=O)N1CCCC(CNS(N)(=O)=O)C1. The lowest BCUT2D eigenvalue weighted by Gasteiger charge is -2.32. The number of ether oxygens (including phenoxy) is 1. The highest BCUT2D eigenvalue weighted by Gasteiger charge is 2.25. The van der Waals surface area contributed by atoms with Gasteiger partial charge in [0.05, 0.1) is 6.10 Å². The van der Waals surface area contributed by atoms with Crippen LogP contribution < -0.4 is 9.86 Å². The van der Waals surface area contributed by atoms with Gasteiger partial charge in [-0.3, -0.25) is 0 Å². The molecule has 1 aliphatic heterocycles. The van der Waals surface area contributed by atoms with Crippen LogP contribution in [0, 0.1) is 5.92 Å². The van der Waals surface area contributed by atoms with Crippen molar-refractivity contribution in [2.45, 2.75) is 32.8 Å². The van der Waals surface area contributed by atoms with Crippen LogP contribution in [0.2, 0.25) is 0 Å². The summed E-state index contributed by atoms with van der Waals surface area (Å²) < 4.78 is 29.0. The summed E-state index contributed by atoms with van der Waals surface area (Å²) in [5.74, 6) is 0.0804. The lowest BCUT2D eigenvalue weighted by molar-refractivity contribution is 0.0631. The maximum Gasteiger partial charge on any atom is 0.410 e. The molecule has 0 aliphatic carbocycles. The van der Waals surface area contributed by atoms with E-state index < -0.39 is 10.2 Å². The third-order valence-electron chi connectivity index (χ3n) is 2.69. The monoisotopic (exact) mass is 279 g/mol. The fourth-order valence-electron chi connectivity index (χ4n) is 1.91. The summed E-state index contributed by atoms with van der Waals surface area (Å²) in [6.07, 6.45) is 1.21. The number of nitrogens with two attached hydrogens (primary N) is 1. The summed E-state index contributed by atoms with van der Waals surface area (Å²) in [4.78, 5) is 13.3. The van der Waals surface area contributed by atoms with Crippen molar-refractivity contribution in [2.24, 2.45) is 11.1 Å². The van der Waals surface area contributed by atoms with E-state index >= 15 is 0 Å². The molecule has 1 fully saturated rings. The first kappa shape index (κ1) is 15.2. The molecule has 1 amide bonds. The van der Waals surface area contributed by atoms with Crippen LogP contribution >= 0.6 is 0 Å². The van der Waals surface area contributed by atoms with E-state index in [0.717, 1.165) is 12.8 Å². The Balaban J connectivity index is 2.43. The van der Waals surface area contributed by atoms with Crippen molar-refractivity contribution in [3.05, 3.63) is 0 Å². The van der Waals surface area contributed by atoms with Crippen molar-refractivity contribution < 1.29 is 17.9 Å². The maximum atomic E-state index is 11.7. The van der Waals surface area contributed by atoms with Crippen molar-refractivity contribution in [1.82, 2.24) is 9.62 Å². The van der Waals surface area contributed by atoms with Gasteiger partial charge >= 0.3 is 6.09 Å². The van der Waals surface area contributed by atoms with Gasteiger partial charge in [0, 0.05) is 19.6 Å². The molecule has 0 aromatic rings. The molecule has 1 unspecified atom stereocenters. The quantitative estimate of drug-likeness (QED) is 0.758. The van der Waals surface area contributed by atoms with Gasteiger partial charge in [-0.25, -0.2) is 14.7 Å². The van der Waals surface area contributed by atoms with E-state index in [2.05, 4.69) is 4.72 Å². The van der Waals surface area contributed by atoms with E-state index in [4.69, 9.17) is 9.88 Å². The Morgan fingerprint density at radius 3 is 2.78 bits per heavy atom. The first-order chi connectivity index (χ1) is 8.28. The molecular weight excluding hydrogens is 258 g/mol. The van der Waals surface area contributed by atoms with Crippen molar-refractivity contribution in [3.8, 4) is 0 Å². The Kier molecular flexibility index (Phi) is 5.36. The molecule has 0 radical (unpaired) electrons. The molecule has 0 saturated carbocycles. The van der Waals surface area contributed by atoms with Crippen LogP contribution in [0.15, 0.2) is 0 Å². The normalized spacial score (nSPS) is 21.1. The molecule has 1 heterocycles. The predicted octanol–water partition coefficient (Wildman–Crippen LogP) is 0.0365. The number of nitrogens with zero attached hydrogens (tertiary/aromatic N) is 1. The number of hydrogen-bond acceptors (Lipinski definition) is 4. The summed E-state index contributed by atoms with van der Waals surface area (Å²) in [6, 6.07) is 0. The standard InChI is InChI=1S/C10H21N3O4S/c1-8(2)17-10(14)13-5-3-4-9(7-13)6-12-18(11,15)16/h8-9,12H,3-7H2,1-2H3,(H2,11,15,16). The van der Waals surface area contributed by atoms with Crippen molar-refractivity contribution in [1.29, 1.82) is 0 Å². The molecule has 0 bridgehead atoms. The van der Waals surface area contributed by atoms with Crippen LogP contribution in [-0.4, -0.2) is 45.1 Å². The zero-order valence-corrected chi connectivity index (χ0v) is 11.6. The minimum atomic E-state index is -3.66. The van der Waals surface area contributed by atoms with Crippen LogP contribution in [0.5, 0.6) is 0 Å². The second-order valence-corrected chi connectivity index (χ2v) is 6.16. The summed E-state index contributed by atoms with van der Waals surface area (Å²) in [5, 5.41) is 4.87. The third-order valence-corrected chi connectivity index (χ3v) is 3.26. The Labute approximate surface area is 108 Å². The van der Waals surface area contributed by atoms with Gasteiger partial charge in [-0.1, -0.05) is 0 Å². The zero-order chi connectivity index (χ0) is 13.8. The molecule has 1 atom stereocenters. The topological polar surface area (TPSA) is 102 Å². The molecule has 0 aromatic heterocycles. The Hall–Kier alpha value is -0.860. The van der Waals surface area contributed by atoms with Gasteiger partial charge in [0.2, 0.25) is 0 Å². The minimum absolute atomic E-state index is 0.0804. The maximum absolute atomic E-state index is 11.7. The molecule has 0 aromatic carbocycles. The molecule has 7 nitrogen and oxygen atoms in total. The number of hydrogen-bond donors (Lipinski definition) is 2.